The first kappa shape index (κ1) is 17.0. The van der Waals surface area contributed by atoms with Gasteiger partial charge < -0.3 is 15.0 Å². The topological polar surface area (TPSA) is 108 Å². The average molecular weight is 380 g/mol. The Labute approximate surface area is 159 Å². The van der Waals surface area contributed by atoms with Crippen LogP contribution in [0.1, 0.15) is 42.5 Å². The minimum absolute atomic E-state index is 0.0653. The number of carbonyl (C=O) groups is 2. The number of carbonyl (C=O) groups excluding carboxylic acids is 1. The highest BCUT2D eigenvalue weighted by Gasteiger charge is 2.48. The van der Waals surface area contributed by atoms with Gasteiger partial charge in [-0.25, -0.2) is 9.31 Å². The molecule has 28 heavy (non-hydrogen) atoms. The molecule has 1 aromatic carbocycles. The van der Waals surface area contributed by atoms with Crippen molar-refractivity contribution in [2.45, 2.75) is 44.2 Å². The van der Waals surface area contributed by atoms with Gasteiger partial charge in [0, 0.05) is 6.04 Å². The number of fused-ring (bicyclic) bond motifs is 4. The van der Waals surface area contributed by atoms with Gasteiger partial charge in [0.05, 0.1) is 17.1 Å². The number of hydrogen-bond acceptors (Lipinski definition) is 4. The van der Waals surface area contributed by atoms with Crippen LogP contribution in [0.5, 0.6) is 0 Å². The van der Waals surface area contributed by atoms with Gasteiger partial charge in [-0.3, -0.25) is 9.59 Å². The summed E-state index contributed by atoms with van der Waals surface area (Å²) in [5.74, 6) is -1.12. The summed E-state index contributed by atoms with van der Waals surface area (Å²) < 4.78 is 1.54. The lowest BCUT2D eigenvalue weighted by Gasteiger charge is -2.32. The van der Waals surface area contributed by atoms with E-state index in [-0.39, 0.29) is 29.0 Å². The number of carboxylic acid groups (broad SMARTS) is 1. The van der Waals surface area contributed by atoms with Crippen LogP contribution in [0.25, 0.3) is 16.6 Å². The van der Waals surface area contributed by atoms with E-state index in [1.165, 1.54) is 15.6 Å². The number of benzene rings is 1. The Balaban J connectivity index is 1.64. The molecule has 0 bridgehead atoms. The van der Waals surface area contributed by atoms with Crippen molar-refractivity contribution in [3.05, 3.63) is 46.4 Å². The molecular weight excluding hydrogens is 360 g/mol. The van der Waals surface area contributed by atoms with E-state index in [9.17, 15) is 19.5 Å². The van der Waals surface area contributed by atoms with Crippen LogP contribution in [0, 0.1) is 5.92 Å². The average Bonchev–Trinajstić information content (AvgIpc) is 3.29. The monoisotopic (exact) mass is 380 g/mol. The summed E-state index contributed by atoms with van der Waals surface area (Å²) in [6, 6.07) is 6.14. The number of H-pyrrole nitrogens is 1. The Bertz CT molecular complexity index is 1160. The molecule has 2 fully saturated rings. The number of likely N-dealkylation sites (tertiary alicyclic amines) is 1. The van der Waals surface area contributed by atoms with Gasteiger partial charge in [-0.15, -0.1) is 0 Å². The van der Waals surface area contributed by atoms with Crippen molar-refractivity contribution in [3.63, 3.8) is 0 Å². The number of aliphatic carboxylic acids is 1. The fourth-order valence-corrected chi connectivity index (χ4v) is 4.94. The lowest BCUT2D eigenvalue weighted by molar-refractivity contribution is -0.141. The summed E-state index contributed by atoms with van der Waals surface area (Å²) in [6.07, 6.45) is 5.76. The summed E-state index contributed by atoms with van der Waals surface area (Å²) in [7, 11) is 0. The van der Waals surface area contributed by atoms with Crippen LogP contribution in [0.15, 0.2) is 35.3 Å². The smallest absolute Gasteiger partial charge is 0.326 e. The van der Waals surface area contributed by atoms with Crippen molar-refractivity contribution in [1.29, 1.82) is 0 Å². The second kappa shape index (κ2) is 6.19. The molecule has 3 aromatic rings. The van der Waals surface area contributed by atoms with Crippen molar-refractivity contribution in [2.24, 2.45) is 5.92 Å². The Morgan fingerprint density at radius 2 is 1.96 bits per heavy atom. The van der Waals surface area contributed by atoms with E-state index in [0.717, 1.165) is 25.7 Å². The van der Waals surface area contributed by atoms with Crippen molar-refractivity contribution in [3.8, 4) is 0 Å². The Kier molecular flexibility index (Phi) is 3.75. The van der Waals surface area contributed by atoms with Crippen LogP contribution in [0.4, 0.5) is 0 Å². The number of rotatable bonds is 2. The first-order valence-corrected chi connectivity index (χ1v) is 9.60. The third kappa shape index (κ3) is 2.37. The fraction of sp³-hybridized carbons (Fsp3) is 0.400. The zero-order valence-corrected chi connectivity index (χ0v) is 15.2. The Morgan fingerprint density at radius 1 is 1.18 bits per heavy atom. The number of hydrogen-bond donors (Lipinski definition) is 2. The second-order valence-electron chi connectivity index (χ2n) is 7.70. The van der Waals surface area contributed by atoms with E-state index in [1.54, 1.807) is 24.3 Å². The number of para-hydroxylation sites is 1. The van der Waals surface area contributed by atoms with E-state index < -0.39 is 12.0 Å². The molecule has 144 valence electrons. The molecule has 8 nitrogen and oxygen atoms in total. The fourth-order valence-electron chi connectivity index (χ4n) is 4.94. The summed E-state index contributed by atoms with van der Waals surface area (Å²) in [6.45, 7) is 0. The zero-order chi connectivity index (χ0) is 19.4. The number of aromatic nitrogens is 3. The standard InChI is InChI=1S/C20H20N4O4/c25-18-12-6-2-4-8-15(12)24-17(22-18)13(10-21-24)19(26)23-14-7-3-1-5-11(14)9-16(23)20(27)28/h2,4,6,8,10-11,14,16H,1,3,5,7,9H2,(H,22,25)(H,27,28). The van der Waals surface area contributed by atoms with Gasteiger partial charge in [0.2, 0.25) is 0 Å². The van der Waals surface area contributed by atoms with Gasteiger partial charge in [-0.2, -0.15) is 5.10 Å². The Hall–Kier alpha value is -3.16. The molecule has 3 atom stereocenters. The molecule has 1 saturated carbocycles. The van der Waals surface area contributed by atoms with Crippen LogP contribution < -0.4 is 5.56 Å². The highest BCUT2D eigenvalue weighted by atomic mass is 16.4. The molecule has 1 aliphatic carbocycles. The van der Waals surface area contributed by atoms with Crippen LogP contribution >= 0.6 is 0 Å². The molecule has 3 heterocycles. The molecule has 0 radical (unpaired) electrons. The molecule has 8 heteroatoms. The van der Waals surface area contributed by atoms with Gasteiger partial charge in [0.25, 0.3) is 11.5 Å². The number of nitrogens with zero attached hydrogens (tertiary/aromatic N) is 3. The number of nitrogens with one attached hydrogen (secondary N) is 1. The van der Waals surface area contributed by atoms with E-state index in [4.69, 9.17) is 0 Å². The van der Waals surface area contributed by atoms with Gasteiger partial charge in [-0.1, -0.05) is 25.0 Å². The molecule has 2 aliphatic rings. The molecule has 1 saturated heterocycles. The minimum Gasteiger partial charge on any atom is -0.480 e. The minimum atomic E-state index is -0.974. The lowest BCUT2D eigenvalue weighted by atomic mass is 9.84. The van der Waals surface area contributed by atoms with Crippen molar-refractivity contribution in [2.75, 3.05) is 0 Å². The lowest BCUT2D eigenvalue weighted by Crippen LogP contribution is -2.46. The molecular formula is C20H20N4O4. The van der Waals surface area contributed by atoms with Gasteiger partial charge >= 0.3 is 5.97 Å². The predicted octanol–water partition coefficient (Wildman–Crippen LogP) is 2.03. The predicted molar refractivity (Wildman–Crippen MR) is 101 cm³/mol. The molecule has 2 aromatic heterocycles. The van der Waals surface area contributed by atoms with Crippen molar-refractivity contribution in [1.82, 2.24) is 19.5 Å². The molecule has 2 N–H and O–H groups in total. The molecule has 5 rings (SSSR count). The highest BCUT2D eigenvalue weighted by Crippen LogP contribution is 2.40. The third-order valence-electron chi connectivity index (χ3n) is 6.22. The van der Waals surface area contributed by atoms with Crippen LogP contribution in [-0.2, 0) is 4.79 Å². The van der Waals surface area contributed by atoms with Gasteiger partial charge in [0.1, 0.15) is 17.3 Å². The van der Waals surface area contributed by atoms with E-state index in [1.807, 2.05) is 0 Å². The maximum Gasteiger partial charge on any atom is 0.326 e. The van der Waals surface area contributed by atoms with E-state index in [0.29, 0.717) is 23.0 Å². The maximum absolute atomic E-state index is 13.4. The van der Waals surface area contributed by atoms with Crippen LogP contribution in [0.2, 0.25) is 0 Å². The first-order chi connectivity index (χ1) is 13.6. The number of carboxylic acids is 1. The molecule has 0 spiro atoms. The molecule has 1 amide bonds. The molecule has 1 aliphatic heterocycles. The van der Waals surface area contributed by atoms with Gasteiger partial charge in [-0.05, 0) is 37.3 Å². The van der Waals surface area contributed by atoms with E-state index >= 15 is 0 Å². The normalized spacial score (nSPS) is 24.6. The highest BCUT2D eigenvalue weighted by molar-refractivity contribution is 6.02. The van der Waals surface area contributed by atoms with Crippen LogP contribution in [0.3, 0.4) is 0 Å². The summed E-state index contributed by atoms with van der Waals surface area (Å²) in [4.78, 5) is 42.0. The Morgan fingerprint density at radius 3 is 2.79 bits per heavy atom. The largest absolute Gasteiger partial charge is 0.480 e. The second-order valence-corrected chi connectivity index (χ2v) is 7.70. The number of amides is 1. The van der Waals surface area contributed by atoms with Crippen LogP contribution in [-0.4, -0.2) is 48.6 Å². The van der Waals surface area contributed by atoms with Gasteiger partial charge in [0.15, 0.2) is 0 Å². The van der Waals surface area contributed by atoms with E-state index in [2.05, 4.69) is 10.1 Å². The number of aromatic amines is 1. The van der Waals surface area contributed by atoms with Crippen molar-refractivity contribution >= 4 is 28.4 Å². The maximum atomic E-state index is 13.4. The quantitative estimate of drug-likeness (QED) is 0.707. The summed E-state index contributed by atoms with van der Waals surface area (Å²) >= 11 is 0. The SMILES string of the molecule is O=C(O)C1CC2CCCCC2N1C(=O)c1cnn2c1[nH]c(=O)c1ccccc12. The first-order valence-electron chi connectivity index (χ1n) is 9.60. The van der Waals surface area contributed by atoms with Crippen molar-refractivity contribution < 1.29 is 14.7 Å². The third-order valence-corrected chi connectivity index (χ3v) is 6.22. The zero-order valence-electron chi connectivity index (χ0n) is 15.2. The summed E-state index contributed by atoms with van der Waals surface area (Å²) in [5.41, 5.74) is 0.842. The molecule has 3 unspecified atom stereocenters. The summed E-state index contributed by atoms with van der Waals surface area (Å²) in [5, 5.41) is 14.5.